The first-order valence-electron chi connectivity index (χ1n) is 12.0. The molecule has 194 valence electrons. The third-order valence-corrected chi connectivity index (χ3v) is 8.16. The maximum absolute atomic E-state index is 13.5. The maximum atomic E-state index is 13.5. The molecule has 8 nitrogen and oxygen atoms in total. The van der Waals surface area contributed by atoms with E-state index in [1.807, 2.05) is 30.3 Å². The summed E-state index contributed by atoms with van der Waals surface area (Å²) in [6.45, 7) is 1.76. The Balaban J connectivity index is 1.50. The molecule has 9 heteroatoms. The maximum Gasteiger partial charge on any atom is 0.316 e. The van der Waals surface area contributed by atoms with Crippen molar-refractivity contribution in [2.75, 3.05) is 25.6 Å². The number of amides is 1. The van der Waals surface area contributed by atoms with Gasteiger partial charge in [-0.05, 0) is 67.3 Å². The average Bonchev–Trinajstić information content (AvgIpc) is 3.72. The molecule has 3 aromatic rings. The smallest absolute Gasteiger partial charge is 0.316 e. The molecular weight excluding hydrogens is 492 g/mol. The first-order valence-corrected chi connectivity index (χ1v) is 13.5. The topological polar surface area (TPSA) is 102 Å². The lowest BCUT2D eigenvalue weighted by atomic mass is 9.96. The molecule has 1 fully saturated rings. The number of esters is 1. The van der Waals surface area contributed by atoms with Crippen LogP contribution in [0.25, 0.3) is 0 Å². The molecule has 1 aliphatic carbocycles. The van der Waals surface area contributed by atoms with Crippen molar-refractivity contribution in [2.45, 2.75) is 36.6 Å². The van der Waals surface area contributed by atoms with Gasteiger partial charge in [0.2, 0.25) is 15.9 Å². The second-order valence-corrected chi connectivity index (χ2v) is 10.8. The zero-order valence-corrected chi connectivity index (χ0v) is 21.7. The molecular formula is C28H30N2O6S. The third-order valence-electron chi connectivity index (χ3n) is 6.36. The van der Waals surface area contributed by atoms with Crippen LogP contribution in [0.4, 0.5) is 5.69 Å². The summed E-state index contributed by atoms with van der Waals surface area (Å²) in [7, 11) is -2.48. The number of nitrogens with one attached hydrogen (secondary N) is 1. The molecule has 0 spiro atoms. The van der Waals surface area contributed by atoms with Crippen molar-refractivity contribution in [3.63, 3.8) is 0 Å². The molecule has 0 bridgehead atoms. The molecule has 0 heterocycles. The van der Waals surface area contributed by atoms with Crippen LogP contribution in [0.1, 0.15) is 30.9 Å². The number of sulfonamides is 1. The molecule has 1 saturated carbocycles. The van der Waals surface area contributed by atoms with Crippen LogP contribution in [0.2, 0.25) is 0 Å². The van der Waals surface area contributed by atoms with E-state index in [4.69, 9.17) is 9.47 Å². The molecule has 0 saturated heterocycles. The van der Waals surface area contributed by atoms with Gasteiger partial charge in [-0.3, -0.25) is 9.59 Å². The van der Waals surface area contributed by atoms with Gasteiger partial charge >= 0.3 is 5.97 Å². The lowest BCUT2D eigenvalue weighted by Crippen LogP contribution is -2.37. The van der Waals surface area contributed by atoms with Crippen LogP contribution < -0.4 is 10.1 Å². The molecule has 1 N–H and O–H groups in total. The van der Waals surface area contributed by atoms with E-state index in [2.05, 4.69) is 5.32 Å². The van der Waals surface area contributed by atoms with Gasteiger partial charge in [-0.15, -0.1) is 0 Å². The van der Waals surface area contributed by atoms with E-state index in [1.54, 1.807) is 43.3 Å². The summed E-state index contributed by atoms with van der Waals surface area (Å²) >= 11 is 0. The minimum absolute atomic E-state index is 0.0314. The van der Waals surface area contributed by atoms with E-state index in [0.717, 1.165) is 28.3 Å². The van der Waals surface area contributed by atoms with Gasteiger partial charge in [0.05, 0.1) is 30.6 Å². The first-order chi connectivity index (χ1) is 17.8. The second kappa shape index (κ2) is 11.1. The summed E-state index contributed by atoms with van der Waals surface area (Å²) in [4.78, 5) is 25.4. The highest BCUT2D eigenvalue weighted by Gasteiger charge is 2.52. The largest absolute Gasteiger partial charge is 0.497 e. The molecule has 4 rings (SSSR count). The molecule has 1 aliphatic rings. The SMILES string of the molecule is CCOC(=O)C1(c2ccc(NC(=O)CN(Cc3ccccc3)S(=O)(=O)c3ccc(OC)cc3)cc2)CC1. The van der Waals surface area contributed by atoms with Crippen molar-refractivity contribution < 1.29 is 27.5 Å². The number of hydrogen-bond acceptors (Lipinski definition) is 6. The molecule has 37 heavy (non-hydrogen) atoms. The van der Waals surface area contributed by atoms with Crippen molar-refractivity contribution in [1.82, 2.24) is 4.31 Å². The van der Waals surface area contributed by atoms with E-state index >= 15 is 0 Å². The van der Waals surface area contributed by atoms with Crippen LogP contribution in [0.15, 0.2) is 83.8 Å². The fourth-order valence-corrected chi connectivity index (χ4v) is 5.53. The monoisotopic (exact) mass is 522 g/mol. The molecule has 1 amide bonds. The second-order valence-electron chi connectivity index (χ2n) is 8.86. The highest BCUT2D eigenvalue weighted by Crippen LogP contribution is 2.49. The Hall–Kier alpha value is -3.69. The van der Waals surface area contributed by atoms with Crippen LogP contribution in [0.3, 0.4) is 0 Å². The van der Waals surface area contributed by atoms with Crippen LogP contribution in [-0.4, -0.2) is 44.9 Å². The van der Waals surface area contributed by atoms with E-state index in [1.165, 1.54) is 19.2 Å². The Morgan fingerprint density at radius 2 is 1.59 bits per heavy atom. The number of benzene rings is 3. The molecule has 0 radical (unpaired) electrons. The number of anilines is 1. The van der Waals surface area contributed by atoms with Gasteiger partial charge in [-0.1, -0.05) is 42.5 Å². The number of carbonyl (C=O) groups is 2. The van der Waals surface area contributed by atoms with Crippen LogP contribution in [0, 0.1) is 0 Å². The Kier molecular flexibility index (Phi) is 7.94. The highest BCUT2D eigenvalue weighted by atomic mass is 32.2. The van der Waals surface area contributed by atoms with E-state index in [0.29, 0.717) is 18.0 Å². The lowest BCUT2D eigenvalue weighted by molar-refractivity contribution is -0.146. The molecule has 0 aliphatic heterocycles. The van der Waals surface area contributed by atoms with Crippen LogP contribution >= 0.6 is 0 Å². The number of methoxy groups -OCH3 is 1. The zero-order valence-electron chi connectivity index (χ0n) is 20.8. The first kappa shape index (κ1) is 26.4. The van der Waals surface area contributed by atoms with Crippen molar-refractivity contribution in [3.8, 4) is 5.75 Å². The Labute approximate surface area is 217 Å². The summed E-state index contributed by atoms with van der Waals surface area (Å²) in [5.41, 5.74) is 1.51. The lowest BCUT2D eigenvalue weighted by Gasteiger charge is -2.22. The normalized spacial score (nSPS) is 14.1. The number of nitrogens with zero attached hydrogens (tertiary/aromatic N) is 1. The summed E-state index contributed by atoms with van der Waals surface area (Å²) in [5.74, 6) is -0.176. The van der Waals surface area contributed by atoms with Crippen molar-refractivity contribution in [3.05, 3.63) is 90.0 Å². The fourth-order valence-electron chi connectivity index (χ4n) is 4.15. The quantitative estimate of drug-likeness (QED) is 0.380. The summed E-state index contributed by atoms with van der Waals surface area (Å²) in [6.07, 6.45) is 1.46. The zero-order chi connectivity index (χ0) is 26.5. The standard InChI is InChI=1S/C28H30N2O6S/c1-3-36-27(32)28(17-18-28)22-9-11-23(12-10-22)29-26(31)20-30(19-21-7-5-4-6-8-21)37(33,34)25-15-13-24(35-2)14-16-25/h4-16H,3,17-20H2,1-2H3,(H,29,31). The van der Waals surface area contributed by atoms with Gasteiger partial charge in [-0.25, -0.2) is 8.42 Å². The van der Waals surface area contributed by atoms with Crippen molar-refractivity contribution >= 4 is 27.6 Å². The number of hydrogen-bond donors (Lipinski definition) is 1. The van der Waals surface area contributed by atoms with E-state index < -0.39 is 21.3 Å². The van der Waals surface area contributed by atoms with Gasteiger partial charge < -0.3 is 14.8 Å². The van der Waals surface area contributed by atoms with Crippen molar-refractivity contribution in [1.29, 1.82) is 0 Å². The van der Waals surface area contributed by atoms with Gasteiger partial charge in [0, 0.05) is 12.2 Å². The summed E-state index contributed by atoms with van der Waals surface area (Å²) in [5, 5.41) is 2.77. The molecule has 0 unspecified atom stereocenters. The molecule has 0 aromatic heterocycles. The minimum atomic E-state index is -3.98. The predicted molar refractivity (Wildman–Crippen MR) is 140 cm³/mol. The Bertz CT molecular complexity index is 1340. The van der Waals surface area contributed by atoms with Gasteiger partial charge in [0.25, 0.3) is 0 Å². The fraction of sp³-hybridized carbons (Fsp3) is 0.286. The van der Waals surface area contributed by atoms with E-state index in [-0.39, 0.29) is 24.0 Å². The van der Waals surface area contributed by atoms with E-state index in [9.17, 15) is 18.0 Å². The number of ether oxygens (including phenoxy) is 2. The number of carbonyl (C=O) groups excluding carboxylic acids is 2. The molecule has 3 aromatic carbocycles. The highest BCUT2D eigenvalue weighted by molar-refractivity contribution is 7.89. The van der Waals surface area contributed by atoms with Gasteiger partial charge in [0.1, 0.15) is 5.75 Å². The number of rotatable bonds is 11. The van der Waals surface area contributed by atoms with Crippen LogP contribution in [-0.2, 0) is 36.3 Å². The Morgan fingerprint density at radius 3 is 2.16 bits per heavy atom. The van der Waals surface area contributed by atoms with Crippen molar-refractivity contribution in [2.24, 2.45) is 0 Å². The summed E-state index contributed by atoms with van der Waals surface area (Å²) < 4.78 is 38.4. The third kappa shape index (κ3) is 6.00. The predicted octanol–water partition coefficient (Wildman–Crippen LogP) is 4.12. The average molecular weight is 523 g/mol. The van der Waals surface area contributed by atoms with Gasteiger partial charge in [-0.2, -0.15) is 4.31 Å². The van der Waals surface area contributed by atoms with Gasteiger partial charge in [0.15, 0.2) is 0 Å². The Morgan fingerprint density at radius 1 is 0.946 bits per heavy atom. The van der Waals surface area contributed by atoms with Crippen LogP contribution in [0.5, 0.6) is 5.75 Å². The summed E-state index contributed by atoms with van der Waals surface area (Å²) in [6, 6.07) is 22.2. The minimum Gasteiger partial charge on any atom is -0.497 e. The molecule has 0 atom stereocenters.